The number of hydrogen-bond acceptors (Lipinski definition) is 3. The van der Waals surface area contributed by atoms with Crippen LogP contribution < -0.4 is 10.6 Å². The molecule has 0 bridgehead atoms. The molecule has 2 atom stereocenters. The fraction of sp³-hybridized carbons (Fsp3) is 0.632. The molecular formula is C19H31N3O. The van der Waals surface area contributed by atoms with E-state index >= 15 is 0 Å². The van der Waals surface area contributed by atoms with Gasteiger partial charge in [0, 0.05) is 12.6 Å². The Morgan fingerprint density at radius 1 is 1.26 bits per heavy atom. The summed E-state index contributed by atoms with van der Waals surface area (Å²) >= 11 is 0. The lowest BCUT2D eigenvalue weighted by Gasteiger charge is -2.31. The van der Waals surface area contributed by atoms with Crippen LogP contribution in [0.2, 0.25) is 0 Å². The minimum Gasteiger partial charge on any atom is -0.353 e. The van der Waals surface area contributed by atoms with Crippen molar-refractivity contribution in [1.29, 1.82) is 0 Å². The van der Waals surface area contributed by atoms with Crippen LogP contribution in [0.1, 0.15) is 38.7 Å². The summed E-state index contributed by atoms with van der Waals surface area (Å²) in [7, 11) is 0. The summed E-state index contributed by atoms with van der Waals surface area (Å²) in [4.78, 5) is 14.8. The molecule has 0 spiro atoms. The van der Waals surface area contributed by atoms with Crippen LogP contribution >= 0.6 is 0 Å². The predicted molar refractivity (Wildman–Crippen MR) is 95.5 cm³/mol. The second-order valence-corrected chi connectivity index (χ2v) is 6.31. The molecule has 0 saturated carbocycles. The SMILES string of the molecule is CCN(CC)C(CNC(=O)C1CCCCN1)Cc1ccccc1. The van der Waals surface area contributed by atoms with Gasteiger partial charge in [-0.1, -0.05) is 50.6 Å². The molecule has 0 aliphatic carbocycles. The van der Waals surface area contributed by atoms with E-state index in [1.54, 1.807) is 0 Å². The molecule has 23 heavy (non-hydrogen) atoms. The lowest BCUT2D eigenvalue weighted by atomic mass is 10.0. The molecule has 1 aromatic carbocycles. The maximum absolute atomic E-state index is 12.4. The van der Waals surface area contributed by atoms with Crippen molar-refractivity contribution in [3.8, 4) is 0 Å². The second kappa shape index (κ2) is 9.68. The summed E-state index contributed by atoms with van der Waals surface area (Å²) < 4.78 is 0. The van der Waals surface area contributed by atoms with Crippen molar-refractivity contribution in [2.45, 2.75) is 51.6 Å². The number of nitrogens with zero attached hydrogens (tertiary/aromatic N) is 1. The fourth-order valence-corrected chi connectivity index (χ4v) is 3.37. The molecule has 1 aromatic rings. The van der Waals surface area contributed by atoms with Gasteiger partial charge in [-0.25, -0.2) is 0 Å². The number of carbonyl (C=O) groups excluding carboxylic acids is 1. The van der Waals surface area contributed by atoms with E-state index in [-0.39, 0.29) is 11.9 Å². The van der Waals surface area contributed by atoms with Crippen molar-refractivity contribution >= 4 is 5.91 Å². The quantitative estimate of drug-likeness (QED) is 0.772. The van der Waals surface area contributed by atoms with Crippen molar-refractivity contribution < 1.29 is 4.79 Å². The Labute approximate surface area is 140 Å². The first-order valence-electron chi connectivity index (χ1n) is 9.03. The standard InChI is InChI=1S/C19H31N3O/c1-3-22(4-2)17(14-16-10-6-5-7-11-16)15-21-19(23)18-12-8-9-13-20-18/h5-7,10-11,17-18,20H,3-4,8-9,12-15H2,1-2H3,(H,21,23). The van der Waals surface area contributed by atoms with E-state index in [1.165, 1.54) is 12.0 Å². The summed E-state index contributed by atoms with van der Waals surface area (Å²) in [5, 5.41) is 6.50. The number of benzene rings is 1. The van der Waals surface area contributed by atoms with Crippen LogP contribution in [0, 0.1) is 0 Å². The first-order chi connectivity index (χ1) is 11.2. The second-order valence-electron chi connectivity index (χ2n) is 6.31. The van der Waals surface area contributed by atoms with E-state index < -0.39 is 0 Å². The smallest absolute Gasteiger partial charge is 0.237 e. The van der Waals surface area contributed by atoms with Crippen molar-refractivity contribution in [3.63, 3.8) is 0 Å². The topological polar surface area (TPSA) is 44.4 Å². The Hall–Kier alpha value is -1.39. The van der Waals surface area contributed by atoms with Crippen molar-refractivity contribution in [3.05, 3.63) is 35.9 Å². The largest absolute Gasteiger partial charge is 0.353 e. The third-order valence-electron chi connectivity index (χ3n) is 4.78. The highest BCUT2D eigenvalue weighted by Crippen LogP contribution is 2.10. The molecule has 0 radical (unpaired) electrons. The molecular weight excluding hydrogens is 286 g/mol. The summed E-state index contributed by atoms with van der Waals surface area (Å²) in [6.45, 7) is 8.06. The monoisotopic (exact) mass is 317 g/mol. The predicted octanol–water partition coefficient (Wildman–Crippen LogP) is 2.20. The van der Waals surface area contributed by atoms with E-state index in [0.29, 0.717) is 12.6 Å². The van der Waals surface area contributed by atoms with Gasteiger partial charge in [0.25, 0.3) is 0 Å². The Morgan fingerprint density at radius 3 is 2.61 bits per heavy atom. The molecule has 1 saturated heterocycles. The lowest BCUT2D eigenvalue weighted by molar-refractivity contribution is -0.123. The summed E-state index contributed by atoms with van der Waals surface area (Å²) in [6, 6.07) is 10.9. The van der Waals surface area contributed by atoms with Gasteiger partial charge in [-0.3, -0.25) is 9.69 Å². The number of nitrogens with one attached hydrogen (secondary N) is 2. The molecule has 2 unspecified atom stereocenters. The lowest BCUT2D eigenvalue weighted by Crippen LogP contribution is -2.51. The Balaban J connectivity index is 1.92. The van der Waals surface area contributed by atoms with Gasteiger partial charge in [-0.05, 0) is 44.5 Å². The van der Waals surface area contributed by atoms with Gasteiger partial charge in [0.2, 0.25) is 5.91 Å². The molecule has 4 heteroatoms. The van der Waals surface area contributed by atoms with Gasteiger partial charge >= 0.3 is 0 Å². The van der Waals surface area contributed by atoms with Crippen LogP contribution in [-0.2, 0) is 11.2 Å². The van der Waals surface area contributed by atoms with Gasteiger partial charge in [-0.15, -0.1) is 0 Å². The number of carbonyl (C=O) groups is 1. The van der Waals surface area contributed by atoms with Crippen molar-refractivity contribution in [2.24, 2.45) is 0 Å². The Morgan fingerprint density at radius 2 is 2.00 bits per heavy atom. The Kier molecular flexibility index (Phi) is 7.56. The van der Waals surface area contributed by atoms with Gasteiger partial charge in [0.1, 0.15) is 0 Å². The molecule has 1 aliphatic heterocycles. The summed E-state index contributed by atoms with van der Waals surface area (Å²) in [5.41, 5.74) is 1.33. The van der Waals surface area contributed by atoms with E-state index in [4.69, 9.17) is 0 Å². The minimum absolute atomic E-state index is 0.00201. The van der Waals surface area contributed by atoms with E-state index in [2.05, 4.69) is 53.6 Å². The zero-order valence-corrected chi connectivity index (χ0v) is 14.6. The molecule has 2 N–H and O–H groups in total. The molecule has 128 valence electrons. The van der Waals surface area contributed by atoms with E-state index in [0.717, 1.165) is 38.9 Å². The van der Waals surface area contributed by atoms with Crippen LogP contribution in [-0.4, -0.2) is 49.1 Å². The first-order valence-corrected chi connectivity index (χ1v) is 9.03. The highest BCUT2D eigenvalue weighted by Gasteiger charge is 2.22. The maximum Gasteiger partial charge on any atom is 0.237 e. The van der Waals surface area contributed by atoms with Crippen LogP contribution in [0.15, 0.2) is 30.3 Å². The molecule has 4 nitrogen and oxygen atoms in total. The number of amides is 1. The number of likely N-dealkylation sites (N-methyl/N-ethyl adjacent to an activating group) is 1. The zero-order valence-electron chi connectivity index (χ0n) is 14.6. The highest BCUT2D eigenvalue weighted by atomic mass is 16.2. The minimum atomic E-state index is -0.00201. The van der Waals surface area contributed by atoms with Crippen LogP contribution in [0.5, 0.6) is 0 Å². The Bertz CT molecular complexity index is 453. The molecule has 1 fully saturated rings. The van der Waals surface area contributed by atoms with Gasteiger partial charge in [0.15, 0.2) is 0 Å². The highest BCUT2D eigenvalue weighted by molar-refractivity contribution is 5.81. The van der Waals surface area contributed by atoms with Crippen molar-refractivity contribution in [1.82, 2.24) is 15.5 Å². The summed E-state index contributed by atoms with van der Waals surface area (Å²) in [6.07, 6.45) is 4.26. The van der Waals surface area contributed by atoms with Gasteiger partial charge in [0.05, 0.1) is 6.04 Å². The van der Waals surface area contributed by atoms with Crippen LogP contribution in [0.3, 0.4) is 0 Å². The average molecular weight is 317 g/mol. The molecule has 1 amide bonds. The third kappa shape index (κ3) is 5.63. The van der Waals surface area contributed by atoms with Gasteiger partial charge in [-0.2, -0.15) is 0 Å². The summed E-state index contributed by atoms with van der Waals surface area (Å²) in [5.74, 6) is 0.162. The normalized spacial score (nSPS) is 19.5. The molecule has 2 rings (SSSR count). The number of piperidine rings is 1. The molecule has 1 aliphatic rings. The molecule has 0 aromatic heterocycles. The number of rotatable bonds is 8. The first kappa shape index (κ1) is 18.0. The average Bonchev–Trinajstić information content (AvgIpc) is 2.62. The number of hydrogen-bond donors (Lipinski definition) is 2. The van der Waals surface area contributed by atoms with E-state index in [9.17, 15) is 4.79 Å². The van der Waals surface area contributed by atoms with Gasteiger partial charge < -0.3 is 10.6 Å². The molecule has 1 heterocycles. The third-order valence-corrected chi connectivity index (χ3v) is 4.78. The van der Waals surface area contributed by atoms with Crippen LogP contribution in [0.4, 0.5) is 0 Å². The zero-order chi connectivity index (χ0) is 16.5. The van der Waals surface area contributed by atoms with Crippen LogP contribution in [0.25, 0.3) is 0 Å². The van der Waals surface area contributed by atoms with E-state index in [1.807, 2.05) is 6.07 Å². The van der Waals surface area contributed by atoms with Crippen molar-refractivity contribution in [2.75, 3.05) is 26.2 Å². The fourth-order valence-electron chi connectivity index (χ4n) is 3.37. The maximum atomic E-state index is 12.4.